The molecule has 2 aromatic rings. The first-order chi connectivity index (χ1) is 20.4. The van der Waals surface area contributed by atoms with E-state index in [9.17, 15) is 14.4 Å². The number of rotatable bonds is 17. The third-order valence-corrected chi connectivity index (χ3v) is 7.37. The molecule has 7 nitrogen and oxygen atoms in total. The number of nitrogens with zero attached hydrogens (tertiary/aromatic N) is 1. The molecule has 2 rings (SSSR count). The lowest BCUT2D eigenvalue weighted by molar-refractivity contribution is -0.142. The van der Waals surface area contributed by atoms with Gasteiger partial charge in [-0.25, -0.2) is 4.79 Å². The van der Waals surface area contributed by atoms with Gasteiger partial charge in [0.2, 0.25) is 11.8 Å². The van der Waals surface area contributed by atoms with E-state index in [0.29, 0.717) is 6.54 Å². The van der Waals surface area contributed by atoms with Crippen LogP contribution in [0.2, 0.25) is 0 Å². The van der Waals surface area contributed by atoms with Gasteiger partial charge in [-0.3, -0.25) is 9.59 Å². The van der Waals surface area contributed by atoms with Crippen molar-refractivity contribution in [2.24, 2.45) is 0 Å². The van der Waals surface area contributed by atoms with Gasteiger partial charge in [0.25, 0.3) is 0 Å². The fourth-order valence-electron chi connectivity index (χ4n) is 5.18. The van der Waals surface area contributed by atoms with Crippen LogP contribution in [0, 0.1) is 6.92 Å². The number of hydrogen-bond acceptors (Lipinski definition) is 4. The Labute approximate surface area is 260 Å². The van der Waals surface area contributed by atoms with E-state index < -0.39 is 23.8 Å². The first kappa shape index (κ1) is 35.8. The third kappa shape index (κ3) is 13.2. The molecule has 43 heavy (non-hydrogen) atoms. The lowest BCUT2D eigenvalue weighted by Crippen LogP contribution is -2.54. The van der Waals surface area contributed by atoms with Crippen molar-refractivity contribution in [3.8, 4) is 0 Å². The molecule has 0 aliphatic rings. The molecule has 2 N–H and O–H groups in total. The van der Waals surface area contributed by atoms with Crippen molar-refractivity contribution in [3.63, 3.8) is 0 Å². The Morgan fingerprint density at radius 3 is 2.07 bits per heavy atom. The Morgan fingerprint density at radius 2 is 1.47 bits per heavy atom. The summed E-state index contributed by atoms with van der Waals surface area (Å²) in [7, 11) is 0. The van der Waals surface area contributed by atoms with Crippen LogP contribution in [0.25, 0.3) is 0 Å². The molecule has 0 heterocycles. The van der Waals surface area contributed by atoms with Crippen molar-refractivity contribution >= 4 is 17.9 Å². The van der Waals surface area contributed by atoms with Crippen LogP contribution in [-0.2, 0) is 20.7 Å². The predicted octanol–water partition coefficient (Wildman–Crippen LogP) is 7.67. The van der Waals surface area contributed by atoms with Crippen molar-refractivity contribution in [3.05, 3.63) is 71.3 Å². The van der Waals surface area contributed by atoms with Crippen molar-refractivity contribution in [1.82, 2.24) is 15.5 Å². The molecule has 7 heteroatoms. The average Bonchev–Trinajstić information content (AvgIpc) is 2.94. The van der Waals surface area contributed by atoms with E-state index in [1.54, 1.807) is 25.7 Å². The molecule has 0 aliphatic carbocycles. The number of amides is 3. The molecule has 0 radical (unpaired) electrons. The number of carbonyl (C=O) groups is 3. The fourth-order valence-corrected chi connectivity index (χ4v) is 5.18. The highest BCUT2D eigenvalue weighted by atomic mass is 16.6. The molecule has 0 spiro atoms. The van der Waals surface area contributed by atoms with E-state index in [-0.39, 0.29) is 24.3 Å². The van der Waals surface area contributed by atoms with E-state index in [1.807, 2.05) is 68.4 Å². The molecule has 0 saturated heterocycles. The van der Waals surface area contributed by atoms with Crippen LogP contribution in [0.15, 0.2) is 54.6 Å². The van der Waals surface area contributed by atoms with Gasteiger partial charge in [0.15, 0.2) is 0 Å². The maximum Gasteiger partial charge on any atom is 0.408 e. The second-order valence-electron chi connectivity index (χ2n) is 12.7. The number of hydrogen-bond donors (Lipinski definition) is 2. The molecular weight excluding hydrogens is 538 g/mol. The summed E-state index contributed by atoms with van der Waals surface area (Å²) in [4.78, 5) is 43.3. The van der Waals surface area contributed by atoms with Gasteiger partial charge in [0.1, 0.15) is 17.7 Å². The Bertz CT molecular complexity index is 1110. The largest absolute Gasteiger partial charge is 0.444 e. The van der Waals surface area contributed by atoms with Crippen LogP contribution in [0.4, 0.5) is 4.79 Å². The number of benzene rings is 2. The zero-order valence-electron chi connectivity index (χ0n) is 27.6. The molecule has 0 aromatic heterocycles. The van der Waals surface area contributed by atoms with E-state index in [1.165, 1.54) is 6.42 Å². The standard InChI is InChI=1S/C36H55N3O4/c1-8-10-11-12-13-17-25-39(32(30-23-21-27(3)22-24-30)33(40)37-28(4)18-9-2)34(41)31(26-29-19-15-14-16-20-29)38-35(42)43-36(5,6)7/h14-16,19-24,28,31-32H,8-13,17-18,25-26H2,1-7H3,(H,37,40)(H,38,42). The van der Waals surface area contributed by atoms with Gasteiger partial charge in [-0.05, 0) is 58.6 Å². The van der Waals surface area contributed by atoms with Crippen LogP contribution < -0.4 is 10.6 Å². The normalized spacial score (nSPS) is 13.5. The van der Waals surface area contributed by atoms with Gasteiger partial charge in [0.05, 0.1) is 0 Å². The summed E-state index contributed by atoms with van der Waals surface area (Å²) in [5.74, 6) is -0.507. The van der Waals surface area contributed by atoms with Crippen LogP contribution in [0.1, 0.15) is 116 Å². The maximum absolute atomic E-state index is 14.6. The molecular formula is C36H55N3O4. The Hall–Kier alpha value is -3.35. The fraction of sp³-hybridized carbons (Fsp3) is 0.583. The zero-order chi connectivity index (χ0) is 31.8. The summed E-state index contributed by atoms with van der Waals surface area (Å²) in [5.41, 5.74) is 2.01. The molecule has 0 aliphatic heterocycles. The number of ether oxygens (including phenoxy) is 1. The van der Waals surface area contributed by atoms with Crippen molar-refractivity contribution in [2.75, 3.05) is 6.54 Å². The van der Waals surface area contributed by atoms with E-state index in [2.05, 4.69) is 24.5 Å². The highest BCUT2D eigenvalue weighted by molar-refractivity contribution is 5.92. The number of aryl methyl sites for hydroxylation is 1. The molecule has 3 amide bonds. The smallest absolute Gasteiger partial charge is 0.408 e. The summed E-state index contributed by atoms with van der Waals surface area (Å²) >= 11 is 0. The van der Waals surface area contributed by atoms with Gasteiger partial charge < -0.3 is 20.3 Å². The lowest BCUT2D eigenvalue weighted by atomic mass is 9.98. The molecule has 3 unspecified atom stereocenters. The van der Waals surface area contributed by atoms with Crippen molar-refractivity contribution < 1.29 is 19.1 Å². The number of carbonyl (C=O) groups excluding carboxylic acids is 3. The Kier molecular flexibility index (Phi) is 15.3. The van der Waals surface area contributed by atoms with Gasteiger partial charge in [-0.1, -0.05) is 113 Å². The average molecular weight is 594 g/mol. The molecule has 0 saturated carbocycles. The first-order valence-electron chi connectivity index (χ1n) is 16.2. The van der Waals surface area contributed by atoms with Crippen LogP contribution >= 0.6 is 0 Å². The van der Waals surface area contributed by atoms with Crippen LogP contribution in [0.3, 0.4) is 0 Å². The molecule has 238 valence electrons. The molecule has 0 fully saturated rings. The number of unbranched alkanes of at least 4 members (excludes halogenated alkanes) is 5. The quantitative estimate of drug-likeness (QED) is 0.184. The first-order valence-corrected chi connectivity index (χ1v) is 16.2. The Balaban J connectivity index is 2.51. The van der Waals surface area contributed by atoms with Crippen molar-refractivity contribution in [1.29, 1.82) is 0 Å². The van der Waals surface area contributed by atoms with Gasteiger partial charge in [-0.2, -0.15) is 0 Å². The highest BCUT2D eigenvalue weighted by Crippen LogP contribution is 2.25. The molecule has 2 aromatic carbocycles. The van der Waals surface area contributed by atoms with E-state index in [0.717, 1.165) is 61.6 Å². The van der Waals surface area contributed by atoms with Gasteiger partial charge >= 0.3 is 6.09 Å². The SMILES string of the molecule is CCCCCCCCN(C(=O)C(Cc1ccccc1)NC(=O)OC(C)(C)C)C(C(=O)NC(C)CCC)c1ccc(C)cc1. The number of nitrogens with one attached hydrogen (secondary N) is 2. The minimum atomic E-state index is -0.911. The van der Waals surface area contributed by atoms with Crippen molar-refractivity contribution in [2.45, 2.75) is 130 Å². The topological polar surface area (TPSA) is 87.7 Å². The summed E-state index contributed by atoms with van der Waals surface area (Å²) in [5, 5.41) is 6.02. The minimum Gasteiger partial charge on any atom is -0.444 e. The van der Waals surface area contributed by atoms with Crippen LogP contribution in [-0.4, -0.2) is 47.0 Å². The van der Waals surface area contributed by atoms with Gasteiger partial charge in [0, 0.05) is 19.0 Å². The Morgan fingerprint density at radius 1 is 0.837 bits per heavy atom. The summed E-state index contributed by atoms with van der Waals surface area (Å²) < 4.78 is 5.56. The predicted molar refractivity (Wildman–Crippen MR) is 175 cm³/mol. The summed E-state index contributed by atoms with van der Waals surface area (Å²) in [6.07, 6.45) is 7.70. The van der Waals surface area contributed by atoms with E-state index in [4.69, 9.17) is 4.74 Å². The summed E-state index contributed by atoms with van der Waals surface area (Å²) in [6.45, 7) is 14.1. The minimum absolute atomic E-state index is 0.0311. The zero-order valence-corrected chi connectivity index (χ0v) is 27.6. The van der Waals surface area contributed by atoms with Gasteiger partial charge in [-0.15, -0.1) is 0 Å². The number of alkyl carbamates (subject to hydrolysis) is 1. The van der Waals surface area contributed by atoms with E-state index >= 15 is 0 Å². The molecule has 3 atom stereocenters. The lowest BCUT2D eigenvalue weighted by Gasteiger charge is -2.35. The second-order valence-corrected chi connectivity index (χ2v) is 12.7. The molecule has 0 bridgehead atoms. The highest BCUT2D eigenvalue weighted by Gasteiger charge is 2.36. The van der Waals surface area contributed by atoms with Crippen LogP contribution in [0.5, 0.6) is 0 Å². The maximum atomic E-state index is 14.6. The monoisotopic (exact) mass is 593 g/mol. The summed E-state index contributed by atoms with van der Waals surface area (Å²) in [6, 6.07) is 15.6. The second kappa shape index (κ2) is 18.3. The third-order valence-electron chi connectivity index (χ3n) is 7.37.